The van der Waals surface area contributed by atoms with E-state index in [1.54, 1.807) is 13.4 Å². The number of nitrogens with zero attached hydrogens (tertiary/aromatic N) is 2. The zero-order valence-electron chi connectivity index (χ0n) is 13.5. The molecule has 5 nitrogen and oxygen atoms in total. The van der Waals surface area contributed by atoms with Crippen LogP contribution < -0.4 is 14.8 Å². The van der Waals surface area contributed by atoms with Crippen molar-refractivity contribution in [3.63, 3.8) is 0 Å². The van der Waals surface area contributed by atoms with Crippen LogP contribution in [0.2, 0.25) is 0 Å². The molecular weight excluding hydrogens is 278 g/mol. The second-order valence-electron chi connectivity index (χ2n) is 6.16. The Morgan fingerprint density at radius 3 is 2.86 bits per heavy atom. The lowest BCUT2D eigenvalue weighted by molar-refractivity contribution is 0.185. The first-order valence-electron chi connectivity index (χ1n) is 8.03. The molecule has 0 aromatic heterocycles. The second kappa shape index (κ2) is 7.01. The van der Waals surface area contributed by atoms with Gasteiger partial charge in [0.1, 0.15) is 0 Å². The predicted octanol–water partition coefficient (Wildman–Crippen LogP) is 2.76. The molecule has 5 heteroatoms. The Kier molecular flexibility index (Phi) is 4.83. The van der Waals surface area contributed by atoms with Crippen molar-refractivity contribution in [3.05, 3.63) is 17.7 Å². The van der Waals surface area contributed by atoms with Gasteiger partial charge in [0, 0.05) is 17.3 Å². The molecule has 2 heterocycles. The molecule has 0 unspecified atom stereocenters. The maximum absolute atomic E-state index is 6.00. The molecule has 0 bridgehead atoms. The molecule has 2 aliphatic rings. The van der Waals surface area contributed by atoms with Crippen LogP contribution in [0.5, 0.6) is 11.5 Å². The summed E-state index contributed by atoms with van der Waals surface area (Å²) in [7, 11) is 3.88. The average molecular weight is 303 g/mol. The monoisotopic (exact) mass is 303 g/mol. The smallest absolute Gasteiger partial charge is 0.163 e. The molecule has 1 fully saturated rings. The summed E-state index contributed by atoms with van der Waals surface area (Å²) < 4.78 is 11.5. The van der Waals surface area contributed by atoms with Crippen LogP contribution in [0.15, 0.2) is 17.1 Å². The van der Waals surface area contributed by atoms with Crippen LogP contribution in [-0.4, -0.2) is 45.1 Å². The van der Waals surface area contributed by atoms with Crippen molar-refractivity contribution < 1.29 is 9.47 Å². The van der Waals surface area contributed by atoms with E-state index in [2.05, 4.69) is 22.3 Å². The summed E-state index contributed by atoms with van der Waals surface area (Å²) in [6, 6.07) is 4.04. The number of anilines is 1. The van der Waals surface area contributed by atoms with Gasteiger partial charge >= 0.3 is 0 Å². The van der Waals surface area contributed by atoms with E-state index >= 15 is 0 Å². The van der Waals surface area contributed by atoms with Gasteiger partial charge in [0.2, 0.25) is 0 Å². The van der Waals surface area contributed by atoms with E-state index in [-0.39, 0.29) is 0 Å². The van der Waals surface area contributed by atoms with Crippen molar-refractivity contribution >= 4 is 12.0 Å². The molecule has 1 aromatic carbocycles. The van der Waals surface area contributed by atoms with E-state index in [0.29, 0.717) is 6.54 Å². The van der Waals surface area contributed by atoms with E-state index in [1.165, 1.54) is 25.9 Å². The largest absolute Gasteiger partial charge is 0.493 e. The Morgan fingerprint density at radius 1 is 1.27 bits per heavy atom. The van der Waals surface area contributed by atoms with Gasteiger partial charge in [-0.25, -0.2) is 0 Å². The zero-order valence-corrected chi connectivity index (χ0v) is 13.5. The molecule has 0 radical (unpaired) electrons. The third-order valence-electron chi connectivity index (χ3n) is 4.58. The van der Waals surface area contributed by atoms with Crippen LogP contribution in [0.25, 0.3) is 0 Å². The fourth-order valence-electron chi connectivity index (χ4n) is 3.09. The lowest BCUT2D eigenvalue weighted by Crippen LogP contribution is -2.30. The van der Waals surface area contributed by atoms with E-state index in [4.69, 9.17) is 9.47 Å². The zero-order chi connectivity index (χ0) is 15.4. The predicted molar refractivity (Wildman–Crippen MR) is 89.1 cm³/mol. The van der Waals surface area contributed by atoms with Crippen molar-refractivity contribution in [2.24, 2.45) is 10.9 Å². The van der Waals surface area contributed by atoms with Crippen LogP contribution in [0.1, 0.15) is 24.8 Å². The number of hydrogen-bond acceptors (Lipinski definition) is 5. The topological polar surface area (TPSA) is 46.1 Å². The Morgan fingerprint density at radius 2 is 2.09 bits per heavy atom. The lowest BCUT2D eigenvalue weighted by atomic mass is 9.94. The molecule has 3 rings (SSSR count). The Hall–Kier alpha value is -1.75. The van der Waals surface area contributed by atoms with Crippen LogP contribution in [0.3, 0.4) is 0 Å². The molecule has 1 N–H and O–H groups in total. The third-order valence-corrected chi connectivity index (χ3v) is 4.58. The molecule has 0 aliphatic carbocycles. The summed E-state index contributed by atoms with van der Waals surface area (Å²) in [6.07, 6.45) is 5.40. The lowest BCUT2D eigenvalue weighted by Gasteiger charge is -2.28. The summed E-state index contributed by atoms with van der Waals surface area (Å²) in [4.78, 5) is 6.62. The first-order chi connectivity index (χ1) is 10.8. The van der Waals surface area contributed by atoms with E-state index in [1.807, 2.05) is 12.1 Å². The van der Waals surface area contributed by atoms with Crippen molar-refractivity contribution in [2.45, 2.75) is 25.8 Å². The standard InChI is InChI=1S/C17H25N3O2/c1-20-6-3-13(4-7-20)5-8-22-17-10-15-14(9-16(17)21-2)11-18-12-19-15/h9-10,12-13H,3-8,11H2,1-2H3,(H,18,19). The number of methoxy groups -OCH3 is 1. The average Bonchev–Trinajstić information content (AvgIpc) is 2.56. The number of nitrogens with one attached hydrogen (secondary N) is 1. The molecule has 1 aromatic rings. The van der Waals surface area contributed by atoms with Gasteiger partial charge in [0.25, 0.3) is 0 Å². The van der Waals surface area contributed by atoms with Gasteiger partial charge < -0.3 is 19.7 Å². The van der Waals surface area contributed by atoms with Gasteiger partial charge in [-0.05, 0) is 51.4 Å². The van der Waals surface area contributed by atoms with E-state index in [9.17, 15) is 0 Å². The second-order valence-corrected chi connectivity index (χ2v) is 6.16. The molecular formula is C17H25N3O2. The third kappa shape index (κ3) is 3.53. The van der Waals surface area contributed by atoms with Gasteiger partial charge in [-0.1, -0.05) is 0 Å². The first kappa shape index (κ1) is 15.2. The van der Waals surface area contributed by atoms with Gasteiger partial charge in [0.05, 0.1) is 26.6 Å². The fraction of sp³-hybridized carbons (Fsp3) is 0.588. The summed E-state index contributed by atoms with van der Waals surface area (Å²) in [5.41, 5.74) is 2.20. The SMILES string of the molecule is COc1cc2c(cc1OCCC1CCN(C)CC1)NC=NC2. The van der Waals surface area contributed by atoms with Crippen LogP contribution in [-0.2, 0) is 6.54 Å². The maximum Gasteiger partial charge on any atom is 0.163 e. The molecule has 22 heavy (non-hydrogen) atoms. The number of likely N-dealkylation sites (tertiary alicyclic amines) is 1. The molecule has 0 amide bonds. The highest BCUT2D eigenvalue weighted by Crippen LogP contribution is 2.35. The van der Waals surface area contributed by atoms with Crippen molar-refractivity contribution in [1.82, 2.24) is 4.90 Å². The highest BCUT2D eigenvalue weighted by molar-refractivity contribution is 5.81. The normalized spacial score (nSPS) is 18.6. The molecule has 0 spiro atoms. The quantitative estimate of drug-likeness (QED) is 0.908. The molecule has 0 saturated carbocycles. The summed E-state index contributed by atoms with van der Waals surface area (Å²) in [5.74, 6) is 2.39. The van der Waals surface area contributed by atoms with Crippen LogP contribution in [0.4, 0.5) is 5.69 Å². The minimum Gasteiger partial charge on any atom is -0.493 e. The van der Waals surface area contributed by atoms with Gasteiger partial charge in [-0.2, -0.15) is 0 Å². The minimum atomic E-state index is 0.689. The van der Waals surface area contributed by atoms with Gasteiger partial charge in [-0.15, -0.1) is 0 Å². The fourth-order valence-corrected chi connectivity index (χ4v) is 3.09. The summed E-state index contributed by atoms with van der Waals surface area (Å²) in [5, 5.41) is 3.17. The molecule has 1 saturated heterocycles. The maximum atomic E-state index is 6.00. The van der Waals surface area contributed by atoms with Crippen LogP contribution >= 0.6 is 0 Å². The molecule has 2 aliphatic heterocycles. The number of ether oxygens (including phenoxy) is 2. The van der Waals surface area contributed by atoms with Crippen molar-refractivity contribution in [1.29, 1.82) is 0 Å². The van der Waals surface area contributed by atoms with Crippen molar-refractivity contribution in [2.75, 3.05) is 39.2 Å². The Bertz CT molecular complexity index is 537. The van der Waals surface area contributed by atoms with Gasteiger partial charge in [0.15, 0.2) is 11.5 Å². The highest BCUT2D eigenvalue weighted by Gasteiger charge is 2.17. The Balaban J connectivity index is 1.58. The molecule has 120 valence electrons. The number of benzene rings is 1. The highest BCUT2D eigenvalue weighted by atomic mass is 16.5. The van der Waals surface area contributed by atoms with E-state index in [0.717, 1.165) is 41.7 Å². The number of aliphatic imine (C=N–C) groups is 1. The summed E-state index contributed by atoms with van der Waals surface area (Å²) >= 11 is 0. The minimum absolute atomic E-state index is 0.689. The molecule has 0 atom stereocenters. The number of rotatable bonds is 5. The number of hydrogen-bond donors (Lipinski definition) is 1. The van der Waals surface area contributed by atoms with E-state index < -0.39 is 0 Å². The Labute approximate surface area is 132 Å². The van der Waals surface area contributed by atoms with Gasteiger partial charge in [-0.3, -0.25) is 4.99 Å². The first-order valence-corrected chi connectivity index (χ1v) is 8.03. The number of fused-ring (bicyclic) bond motifs is 1. The number of piperidine rings is 1. The summed E-state index contributed by atoms with van der Waals surface area (Å²) in [6.45, 7) is 3.85. The van der Waals surface area contributed by atoms with Crippen molar-refractivity contribution in [3.8, 4) is 11.5 Å². The van der Waals surface area contributed by atoms with Crippen LogP contribution in [0, 0.1) is 5.92 Å².